The first-order chi connectivity index (χ1) is 18.5. The number of amides is 1. The topological polar surface area (TPSA) is 121 Å². The van der Waals surface area contributed by atoms with E-state index in [0.29, 0.717) is 34.8 Å². The molecule has 4 aromatic rings. The van der Waals surface area contributed by atoms with E-state index in [1.165, 1.54) is 17.5 Å². The Kier molecular flexibility index (Phi) is 7.54. The normalized spacial score (nSPS) is 14.1. The molecule has 12 heteroatoms. The largest absolute Gasteiger partial charge is 0.395 e. The van der Waals surface area contributed by atoms with Crippen molar-refractivity contribution in [3.8, 4) is 5.69 Å². The number of piperazine rings is 1. The number of hydrogen-bond acceptors (Lipinski definition) is 9. The van der Waals surface area contributed by atoms with Gasteiger partial charge in [-0.15, -0.1) is 6.58 Å². The van der Waals surface area contributed by atoms with Crippen LogP contribution in [0.3, 0.4) is 0 Å². The summed E-state index contributed by atoms with van der Waals surface area (Å²) in [6.45, 7) is 7.56. The van der Waals surface area contributed by atoms with E-state index in [0.717, 1.165) is 37.6 Å². The lowest BCUT2D eigenvalue weighted by atomic mass is 10.1. The predicted octanol–water partition coefficient (Wildman–Crippen LogP) is 2.05. The molecule has 0 atom stereocenters. The third-order valence-electron chi connectivity index (χ3n) is 6.47. The Hall–Kier alpha value is -4.00. The van der Waals surface area contributed by atoms with Crippen LogP contribution in [-0.4, -0.2) is 81.6 Å². The fourth-order valence-corrected chi connectivity index (χ4v) is 5.14. The van der Waals surface area contributed by atoms with E-state index in [-0.39, 0.29) is 24.6 Å². The van der Waals surface area contributed by atoms with E-state index in [4.69, 9.17) is 0 Å². The van der Waals surface area contributed by atoms with Gasteiger partial charge in [-0.3, -0.25) is 9.59 Å². The van der Waals surface area contributed by atoms with Crippen LogP contribution in [0.1, 0.15) is 10.4 Å². The van der Waals surface area contributed by atoms with Gasteiger partial charge in [0.2, 0.25) is 5.95 Å². The first-order valence-electron chi connectivity index (χ1n) is 12.4. The van der Waals surface area contributed by atoms with Crippen molar-refractivity contribution in [3.63, 3.8) is 0 Å². The molecule has 0 spiro atoms. The lowest BCUT2D eigenvalue weighted by molar-refractivity contribution is 0.0945. The summed E-state index contributed by atoms with van der Waals surface area (Å²) in [6.07, 6.45) is 3.18. The number of likely N-dealkylation sites (N-methyl/N-ethyl adjacent to an activating group) is 1. The standard InChI is InChI=1S/C26H30N8O3S/c1-3-8-33-25(37)21-16-28-26(30-23(21)34(33)19-6-14-38-17-19)29-18-4-5-22(32-11-9-31(2)10-12-32)20(15-18)24(36)27-7-13-35/h3-6,14-17,35H,1,7-13H2,2H3,(H,27,36)(H,28,29,30). The number of nitrogens with one attached hydrogen (secondary N) is 2. The van der Waals surface area contributed by atoms with Crippen molar-refractivity contribution in [2.75, 3.05) is 56.6 Å². The molecule has 5 rings (SSSR count). The molecule has 0 aliphatic carbocycles. The molecule has 1 aliphatic heterocycles. The van der Waals surface area contributed by atoms with Crippen molar-refractivity contribution in [3.05, 3.63) is 69.8 Å². The highest BCUT2D eigenvalue weighted by Crippen LogP contribution is 2.27. The molecule has 11 nitrogen and oxygen atoms in total. The zero-order chi connectivity index (χ0) is 26.6. The number of rotatable bonds is 9. The van der Waals surface area contributed by atoms with Crippen LogP contribution >= 0.6 is 11.3 Å². The fourth-order valence-electron chi connectivity index (χ4n) is 4.53. The predicted molar refractivity (Wildman–Crippen MR) is 150 cm³/mol. The molecule has 1 aromatic carbocycles. The Morgan fingerprint density at radius 1 is 1.24 bits per heavy atom. The number of aliphatic hydroxyl groups is 1. The van der Waals surface area contributed by atoms with Crippen LogP contribution in [0.25, 0.3) is 16.7 Å². The monoisotopic (exact) mass is 534 g/mol. The molecular formula is C26H30N8O3S. The average Bonchev–Trinajstić information content (AvgIpc) is 3.54. The third-order valence-corrected chi connectivity index (χ3v) is 7.14. The number of hydrogen-bond donors (Lipinski definition) is 3. The van der Waals surface area contributed by atoms with Gasteiger partial charge in [-0.2, -0.15) is 16.3 Å². The molecule has 0 saturated carbocycles. The number of anilines is 3. The van der Waals surface area contributed by atoms with E-state index in [1.807, 2.05) is 29.0 Å². The zero-order valence-corrected chi connectivity index (χ0v) is 21.9. The van der Waals surface area contributed by atoms with Crippen LogP contribution in [0.15, 0.2) is 58.7 Å². The molecule has 0 bridgehead atoms. The van der Waals surface area contributed by atoms with Crippen molar-refractivity contribution in [2.24, 2.45) is 0 Å². The molecular weight excluding hydrogens is 504 g/mol. The summed E-state index contributed by atoms with van der Waals surface area (Å²) >= 11 is 1.53. The number of carbonyl (C=O) groups is 1. The second kappa shape index (κ2) is 11.2. The Bertz CT molecular complexity index is 1500. The maximum Gasteiger partial charge on any atom is 0.278 e. The Labute approximate surface area is 223 Å². The van der Waals surface area contributed by atoms with Crippen molar-refractivity contribution in [2.45, 2.75) is 6.54 Å². The lowest BCUT2D eigenvalue weighted by Gasteiger charge is -2.35. The lowest BCUT2D eigenvalue weighted by Crippen LogP contribution is -2.45. The summed E-state index contributed by atoms with van der Waals surface area (Å²) in [5.41, 5.74) is 3.07. The number of benzene rings is 1. The van der Waals surface area contributed by atoms with Gasteiger partial charge in [-0.1, -0.05) is 6.08 Å². The smallest absolute Gasteiger partial charge is 0.278 e. The first kappa shape index (κ1) is 25.6. The number of aromatic nitrogens is 4. The van der Waals surface area contributed by atoms with Crippen LogP contribution in [-0.2, 0) is 6.54 Å². The Balaban J connectivity index is 1.51. The molecule has 0 radical (unpaired) electrons. The maximum absolute atomic E-state index is 13.0. The first-order valence-corrected chi connectivity index (χ1v) is 13.3. The van der Waals surface area contributed by atoms with Crippen LogP contribution in [0.5, 0.6) is 0 Å². The van der Waals surface area contributed by atoms with E-state index in [1.54, 1.807) is 21.5 Å². The van der Waals surface area contributed by atoms with E-state index in [2.05, 4.69) is 44.0 Å². The molecule has 3 aromatic heterocycles. The van der Waals surface area contributed by atoms with Gasteiger partial charge in [-0.25, -0.2) is 14.3 Å². The van der Waals surface area contributed by atoms with Gasteiger partial charge in [0.05, 0.1) is 24.4 Å². The maximum atomic E-state index is 13.0. The van der Waals surface area contributed by atoms with Gasteiger partial charge >= 0.3 is 0 Å². The Morgan fingerprint density at radius 3 is 2.76 bits per heavy atom. The minimum Gasteiger partial charge on any atom is -0.395 e. The van der Waals surface area contributed by atoms with Gasteiger partial charge in [0.1, 0.15) is 5.39 Å². The number of thiophene rings is 1. The molecule has 1 fully saturated rings. The SMILES string of the molecule is C=CCn1c(=O)c2cnc(Nc3ccc(N4CCN(C)CC4)c(C(=O)NCCO)c3)nc2n1-c1ccsc1. The minimum atomic E-state index is -0.263. The summed E-state index contributed by atoms with van der Waals surface area (Å²) in [5.74, 6) is 0.0343. The van der Waals surface area contributed by atoms with E-state index >= 15 is 0 Å². The summed E-state index contributed by atoms with van der Waals surface area (Å²) in [6, 6.07) is 7.50. The van der Waals surface area contributed by atoms with Crippen LogP contribution in [0.2, 0.25) is 0 Å². The summed E-state index contributed by atoms with van der Waals surface area (Å²) in [4.78, 5) is 39.6. The molecule has 0 unspecified atom stereocenters. The van der Waals surface area contributed by atoms with Crippen LogP contribution in [0, 0.1) is 0 Å². The number of fused-ring (bicyclic) bond motifs is 1. The van der Waals surface area contributed by atoms with E-state index < -0.39 is 0 Å². The quantitative estimate of drug-likeness (QED) is 0.279. The van der Waals surface area contributed by atoms with Gasteiger partial charge in [0.25, 0.3) is 11.5 Å². The average molecular weight is 535 g/mol. The summed E-state index contributed by atoms with van der Waals surface area (Å²) in [5, 5.41) is 19.4. The molecule has 1 amide bonds. The van der Waals surface area contributed by atoms with Gasteiger partial charge in [0, 0.05) is 55.7 Å². The number of aliphatic hydroxyl groups excluding tert-OH is 1. The van der Waals surface area contributed by atoms with Crippen LogP contribution < -0.4 is 21.1 Å². The fraction of sp³-hybridized carbons (Fsp3) is 0.308. The summed E-state index contributed by atoms with van der Waals surface area (Å²) < 4.78 is 3.35. The molecule has 4 heterocycles. The van der Waals surface area contributed by atoms with Gasteiger partial charge in [-0.05, 0) is 36.7 Å². The minimum absolute atomic E-state index is 0.140. The van der Waals surface area contributed by atoms with Crippen molar-refractivity contribution in [1.29, 1.82) is 0 Å². The number of nitrogens with zero attached hydrogens (tertiary/aromatic N) is 6. The molecule has 1 saturated heterocycles. The third kappa shape index (κ3) is 5.05. The number of allylic oxidation sites excluding steroid dienone is 1. The Morgan fingerprint density at radius 2 is 2.05 bits per heavy atom. The van der Waals surface area contributed by atoms with Crippen molar-refractivity contribution >= 4 is 45.6 Å². The number of carbonyl (C=O) groups excluding carboxylic acids is 1. The van der Waals surface area contributed by atoms with Crippen molar-refractivity contribution in [1.82, 2.24) is 29.5 Å². The second-order valence-corrected chi connectivity index (χ2v) is 9.81. The van der Waals surface area contributed by atoms with Crippen molar-refractivity contribution < 1.29 is 9.90 Å². The van der Waals surface area contributed by atoms with Crippen LogP contribution in [0.4, 0.5) is 17.3 Å². The molecule has 38 heavy (non-hydrogen) atoms. The summed E-state index contributed by atoms with van der Waals surface area (Å²) in [7, 11) is 2.08. The molecule has 3 N–H and O–H groups in total. The van der Waals surface area contributed by atoms with Gasteiger partial charge < -0.3 is 25.5 Å². The van der Waals surface area contributed by atoms with E-state index in [9.17, 15) is 14.7 Å². The highest BCUT2D eigenvalue weighted by atomic mass is 32.1. The zero-order valence-electron chi connectivity index (χ0n) is 21.1. The molecule has 198 valence electrons. The second-order valence-electron chi connectivity index (χ2n) is 9.03. The molecule has 1 aliphatic rings. The highest BCUT2D eigenvalue weighted by molar-refractivity contribution is 7.08. The van der Waals surface area contributed by atoms with Gasteiger partial charge in [0.15, 0.2) is 5.65 Å². The highest BCUT2D eigenvalue weighted by Gasteiger charge is 2.22.